The number of hydrogen-bond donors (Lipinski definition) is 1. The smallest absolute Gasteiger partial charge is 0.0590 e. The first-order chi connectivity index (χ1) is 8.05. The van der Waals surface area contributed by atoms with Gasteiger partial charge in [0.05, 0.1) is 12.7 Å². The van der Waals surface area contributed by atoms with E-state index in [0.29, 0.717) is 18.7 Å². The molecule has 0 amide bonds. The van der Waals surface area contributed by atoms with Gasteiger partial charge in [0, 0.05) is 38.4 Å². The van der Waals surface area contributed by atoms with Gasteiger partial charge in [0.2, 0.25) is 0 Å². The second-order valence-corrected chi connectivity index (χ2v) is 5.34. The van der Waals surface area contributed by atoms with Crippen molar-refractivity contribution in [2.24, 2.45) is 5.73 Å². The lowest BCUT2D eigenvalue weighted by Crippen LogP contribution is -2.61. The van der Waals surface area contributed by atoms with Crippen LogP contribution in [0.1, 0.15) is 33.6 Å². The molecule has 2 atom stereocenters. The molecule has 1 heterocycles. The second kappa shape index (κ2) is 6.69. The van der Waals surface area contributed by atoms with E-state index in [0.717, 1.165) is 32.6 Å². The Hall–Kier alpha value is -0.160. The Morgan fingerprint density at radius 3 is 2.71 bits per heavy atom. The van der Waals surface area contributed by atoms with Crippen LogP contribution in [0.4, 0.5) is 0 Å². The van der Waals surface area contributed by atoms with Crippen molar-refractivity contribution in [2.75, 3.05) is 33.4 Å². The van der Waals surface area contributed by atoms with Gasteiger partial charge < -0.3 is 15.2 Å². The highest BCUT2D eigenvalue weighted by Gasteiger charge is 2.40. The zero-order valence-corrected chi connectivity index (χ0v) is 11.7. The molecule has 0 aromatic carbocycles. The molecule has 4 nitrogen and oxygen atoms in total. The van der Waals surface area contributed by atoms with E-state index >= 15 is 0 Å². The average Bonchev–Trinajstić information content (AvgIpc) is 2.29. The molecule has 0 aromatic rings. The minimum Gasteiger partial charge on any atom is -0.383 e. The van der Waals surface area contributed by atoms with Crippen LogP contribution in [0.3, 0.4) is 0 Å². The van der Waals surface area contributed by atoms with E-state index in [1.165, 1.54) is 0 Å². The first-order valence-electron chi connectivity index (χ1n) is 6.63. The quantitative estimate of drug-likeness (QED) is 0.763. The predicted molar refractivity (Wildman–Crippen MR) is 70.2 cm³/mol. The molecule has 2 N–H and O–H groups in total. The van der Waals surface area contributed by atoms with Crippen LogP contribution in [0, 0.1) is 0 Å². The molecule has 0 aliphatic carbocycles. The van der Waals surface area contributed by atoms with Crippen LogP contribution in [0.15, 0.2) is 0 Å². The van der Waals surface area contributed by atoms with E-state index in [1.807, 2.05) is 0 Å². The van der Waals surface area contributed by atoms with E-state index in [1.54, 1.807) is 7.11 Å². The van der Waals surface area contributed by atoms with Crippen molar-refractivity contribution in [1.29, 1.82) is 0 Å². The lowest BCUT2D eigenvalue weighted by Gasteiger charge is -2.49. The van der Waals surface area contributed by atoms with Crippen LogP contribution < -0.4 is 5.73 Å². The molecule has 0 bridgehead atoms. The molecule has 1 rings (SSSR count). The van der Waals surface area contributed by atoms with Gasteiger partial charge in [-0.3, -0.25) is 4.90 Å². The molecule has 4 heteroatoms. The summed E-state index contributed by atoms with van der Waals surface area (Å²) in [5, 5.41) is 0. The molecule has 0 spiro atoms. The minimum atomic E-state index is 0.0877. The topological polar surface area (TPSA) is 47.7 Å². The number of ether oxygens (including phenoxy) is 2. The summed E-state index contributed by atoms with van der Waals surface area (Å²) < 4.78 is 10.9. The van der Waals surface area contributed by atoms with Gasteiger partial charge in [-0.25, -0.2) is 0 Å². The molecule has 1 saturated heterocycles. The maximum Gasteiger partial charge on any atom is 0.0590 e. The van der Waals surface area contributed by atoms with Gasteiger partial charge in [-0.2, -0.15) is 0 Å². The lowest BCUT2D eigenvalue weighted by atomic mass is 9.84. The summed E-state index contributed by atoms with van der Waals surface area (Å²) in [5.41, 5.74) is 6.16. The first kappa shape index (κ1) is 14.9. The molecular weight excluding hydrogens is 216 g/mol. The van der Waals surface area contributed by atoms with Gasteiger partial charge in [0.1, 0.15) is 0 Å². The molecule has 0 aromatic heterocycles. The van der Waals surface area contributed by atoms with Crippen molar-refractivity contribution >= 4 is 0 Å². The Bertz CT molecular complexity index is 223. The molecular formula is C13H28N2O2. The third-order valence-corrected chi connectivity index (χ3v) is 3.79. The Labute approximate surface area is 105 Å². The van der Waals surface area contributed by atoms with Crippen LogP contribution in [0.25, 0.3) is 0 Å². The van der Waals surface area contributed by atoms with E-state index in [2.05, 4.69) is 25.7 Å². The molecule has 0 radical (unpaired) electrons. The number of hydrogen-bond acceptors (Lipinski definition) is 4. The molecule has 1 aliphatic heterocycles. The Morgan fingerprint density at radius 1 is 1.53 bits per heavy atom. The van der Waals surface area contributed by atoms with Crippen molar-refractivity contribution in [3.05, 3.63) is 0 Å². The lowest BCUT2D eigenvalue weighted by molar-refractivity contribution is -0.0781. The number of rotatable bonds is 6. The fourth-order valence-electron chi connectivity index (χ4n) is 2.94. The SMILES string of the molecule is COCCN(C(C)C)C1(CN)CCOC(C)C1. The average molecular weight is 244 g/mol. The monoisotopic (exact) mass is 244 g/mol. The fourth-order valence-corrected chi connectivity index (χ4v) is 2.94. The zero-order chi connectivity index (χ0) is 12.9. The van der Waals surface area contributed by atoms with Gasteiger partial charge in [0.25, 0.3) is 0 Å². The highest BCUT2D eigenvalue weighted by atomic mass is 16.5. The highest BCUT2D eigenvalue weighted by Crippen LogP contribution is 2.31. The third kappa shape index (κ3) is 3.65. The molecule has 1 aliphatic rings. The van der Waals surface area contributed by atoms with Crippen molar-refractivity contribution in [3.8, 4) is 0 Å². The van der Waals surface area contributed by atoms with Gasteiger partial charge in [0.15, 0.2) is 0 Å². The summed E-state index contributed by atoms with van der Waals surface area (Å²) >= 11 is 0. The van der Waals surface area contributed by atoms with Crippen LogP contribution in [0.5, 0.6) is 0 Å². The minimum absolute atomic E-state index is 0.0877. The highest BCUT2D eigenvalue weighted by molar-refractivity contribution is 4.96. The molecule has 102 valence electrons. The number of methoxy groups -OCH3 is 1. The summed E-state index contributed by atoms with van der Waals surface area (Å²) in [5.74, 6) is 0. The van der Waals surface area contributed by atoms with Crippen LogP contribution in [-0.2, 0) is 9.47 Å². The van der Waals surface area contributed by atoms with E-state index in [4.69, 9.17) is 15.2 Å². The fraction of sp³-hybridized carbons (Fsp3) is 1.00. The van der Waals surface area contributed by atoms with Crippen LogP contribution >= 0.6 is 0 Å². The normalized spacial score (nSPS) is 30.2. The summed E-state index contributed by atoms with van der Waals surface area (Å²) in [6.07, 6.45) is 2.34. The number of nitrogens with zero attached hydrogens (tertiary/aromatic N) is 1. The van der Waals surface area contributed by atoms with E-state index in [-0.39, 0.29) is 5.54 Å². The summed E-state index contributed by atoms with van der Waals surface area (Å²) in [7, 11) is 1.75. The van der Waals surface area contributed by atoms with Crippen molar-refractivity contribution < 1.29 is 9.47 Å². The number of nitrogens with two attached hydrogens (primary N) is 1. The Morgan fingerprint density at radius 2 is 2.24 bits per heavy atom. The summed E-state index contributed by atoms with van der Waals surface area (Å²) in [6, 6.07) is 0.485. The molecule has 2 unspecified atom stereocenters. The largest absolute Gasteiger partial charge is 0.383 e. The van der Waals surface area contributed by atoms with Gasteiger partial charge >= 0.3 is 0 Å². The summed E-state index contributed by atoms with van der Waals surface area (Å²) in [4.78, 5) is 2.50. The molecule has 17 heavy (non-hydrogen) atoms. The predicted octanol–water partition coefficient (Wildman–Crippen LogP) is 1.24. The summed E-state index contributed by atoms with van der Waals surface area (Å²) in [6.45, 7) is 9.81. The maximum atomic E-state index is 6.07. The van der Waals surface area contributed by atoms with Crippen LogP contribution in [0.2, 0.25) is 0 Å². The van der Waals surface area contributed by atoms with E-state index in [9.17, 15) is 0 Å². The third-order valence-electron chi connectivity index (χ3n) is 3.79. The van der Waals surface area contributed by atoms with Gasteiger partial charge in [-0.1, -0.05) is 0 Å². The van der Waals surface area contributed by atoms with E-state index < -0.39 is 0 Å². The standard InChI is InChI=1S/C13H28N2O2/c1-11(2)15(6-8-16-4)13(10-14)5-7-17-12(3)9-13/h11-12H,5-10,14H2,1-4H3. The zero-order valence-electron chi connectivity index (χ0n) is 11.7. The molecule has 1 fully saturated rings. The Balaban J connectivity index is 2.78. The van der Waals surface area contributed by atoms with Gasteiger partial charge in [-0.05, 0) is 33.6 Å². The molecule has 0 saturated carbocycles. The van der Waals surface area contributed by atoms with Crippen molar-refractivity contribution in [2.45, 2.75) is 51.3 Å². The second-order valence-electron chi connectivity index (χ2n) is 5.34. The first-order valence-corrected chi connectivity index (χ1v) is 6.63. The van der Waals surface area contributed by atoms with Crippen molar-refractivity contribution in [1.82, 2.24) is 4.90 Å². The van der Waals surface area contributed by atoms with Gasteiger partial charge in [-0.15, -0.1) is 0 Å². The van der Waals surface area contributed by atoms with Crippen LogP contribution in [-0.4, -0.2) is 56.0 Å². The van der Waals surface area contributed by atoms with Crippen molar-refractivity contribution in [3.63, 3.8) is 0 Å². The Kier molecular flexibility index (Phi) is 5.86. The maximum absolute atomic E-state index is 6.07.